The molecule has 2 unspecified atom stereocenters. The maximum absolute atomic E-state index is 12.7. The highest BCUT2D eigenvalue weighted by atomic mass is 16.2. The second-order valence-electron chi connectivity index (χ2n) is 7.68. The number of pyridine rings is 1. The van der Waals surface area contributed by atoms with E-state index >= 15 is 0 Å². The van der Waals surface area contributed by atoms with E-state index in [0.29, 0.717) is 31.1 Å². The number of piperidine rings is 1. The fourth-order valence-corrected chi connectivity index (χ4v) is 3.54. The summed E-state index contributed by atoms with van der Waals surface area (Å²) in [6.45, 7) is 7.78. The van der Waals surface area contributed by atoms with Crippen LogP contribution in [0.4, 0.5) is 0 Å². The summed E-state index contributed by atoms with van der Waals surface area (Å²) < 4.78 is 0. The van der Waals surface area contributed by atoms with Gasteiger partial charge < -0.3 is 16.0 Å². The van der Waals surface area contributed by atoms with Crippen molar-refractivity contribution in [1.29, 1.82) is 0 Å². The van der Waals surface area contributed by atoms with Crippen LogP contribution < -0.4 is 11.1 Å². The molecule has 3 N–H and O–H groups in total. The minimum absolute atomic E-state index is 0.000767. The standard InChI is InChI=1S/C19H30N4O2/c1-14(2)11-19(3,13-20)22-17(24)16-5-4-10-23(12-16)18(25)15-6-8-21-9-7-15/h6-9,14,16H,4-5,10-13,20H2,1-3H3,(H,22,24). The molecule has 1 aliphatic rings. The first kappa shape index (κ1) is 19.4. The Morgan fingerprint density at radius 3 is 2.68 bits per heavy atom. The van der Waals surface area contributed by atoms with Crippen molar-refractivity contribution in [2.24, 2.45) is 17.6 Å². The maximum atomic E-state index is 12.7. The highest BCUT2D eigenvalue weighted by molar-refractivity contribution is 5.94. The van der Waals surface area contributed by atoms with Crippen molar-refractivity contribution in [2.75, 3.05) is 19.6 Å². The van der Waals surface area contributed by atoms with Gasteiger partial charge in [0.15, 0.2) is 0 Å². The Morgan fingerprint density at radius 2 is 2.08 bits per heavy atom. The van der Waals surface area contributed by atoms with E-state index in [1.807, 2.05) is 6.92 Å². The fraction of sp³-hybridized carbons (Fsp3) is 0.632. The van der Waals surface area contributed by atoms with Gasteiger partial charge in [0, 0.05) is 43.1 Å². The highest BCUT2D eigenvalue weighted by Gasteiger charge is 2.33. The third kappa shape index (κ3) is 5.26. The number of nitrogens with zero attached hydrogens (tertiary/aromatic N) is 2. The molecule has 6 nitrogen and oxygen atoms in total. The Hall–Kier alpha value is -1.95. The van der Waals surface area contributed by atoms with Gasteiger partial charge in [-0.05, 0) is 44.2 Å². The molecule has 2 heterocycles. The molecule has 2 amide bonds. The molecular formula is C19H30N4O2. The number of carbonyl (C=O) groups excluding carboxylic acids is 2. The van der Waals surface area contributed by atoms with Gasteiger partial charge in [-0.2, -0.15) is 0 Å². The van der Waals surface area contributed by atoms with Crippen molar-refractivity contribution in [2.45, 2.75) is 45.6 Å². The van der Waals surface area contributed by atoms with Crippen LogP contribution in [0.1, 0.15) is 50.4 Å². The first-order valence-corrected chi connectivity index (χ1v) is 9.06. The number of aromatic nitrogens is 1. The average molecular weight is 346 g/mol. The van der Waals surface area contributed by atoms with Crippen LogP contribution in [-0.2, 0) is 4.79 Å². The lowest BCUT2D eigenvalue weighted by Crippen LogP contribution is -2.55. The molecule has 25 heavy (non-hydrogen) atoms. The van der Waals surface area contributed by atoms with Crippen molar-refractivity contribution in [1.82, 2.24) is 15.2 Å². The van der Waals surface area contributed by atoms with E-state index < -0.39 is 5.54 Å². The molecule has 0 bridgehead atoms. The summed E-state index contributed by atoms with van der Waals surface area (Å²) in [5, 5.41) is 3.13. The van der Waals surface area contributed by atoms with Crippen molar-refractivity contribution >= 4 is 11.8 Å². The quantitative estimate of drug-likeness (QED) is 0.822. The monoisotopic (exact) mass is 346 g/mol. The Kier molecular flexibility index (Phi) is 6.53. The van der Waals surface area contributed by atoms with Gasteiger partial charge >= 0.3 is 0 Å². The lowest BCUT2D eigenvalue weighted by molar-refractivity contribution is -0.128. The second-order valence-corrected chi connectivity index (χ2v) is 7.68. The van der Waals surface area contributed by atoms with Gasteiger partial charge in [-0.25, -0.2) is 0 Å². The van der Waals surface area contributed by atoms with Crippen molar-refractivity contribution in [3.63, 3.8) is 0 Å². The van der Waals surface area contributed by atoms with Gasteiger partial charge in [0.1, 0.15) is 0 Å². The van der Waals surface area contributed by atoms with E-state index in [1.165, 1.54) is 0 Å². The summed E-state index contributed by atoms with van der Waals surface area (Å²) in [7, 11) is 0. The number of rotatable bonds is 6. The molecule has 1 fully saturated rings. The summed E-state index contributed by atoms with van der Waals surface area (Å²) in [6, 6.07) is 3.42. The number of nitrogens with one attached hydrogen (secondary N) is 1. The Bertz CT molecular complexity index is 590. The third-order valence-corrected chi connectivity index (χ3v) is 4.74. The second kappa shape index (κ2) is 8.43. The summed E-state index contributed by atoms with van der Waals surface area (Å²) >= 11 is 0. The Morgan fingerprint density at radius 1 is 1.40 bits per heavy atom. The number of hydrogen-bond donors (Lipinski definition) is 2. The molecule has 138 valence electrons. The lowest BCUT2D eigenvalue weighted by Gasteiger charge is -2.36. The molecule has 2 rings (SSSR count). The van der Waals surface area contributed by atoms with Crippen molar-refractivity contribution < 1.29 is 9.59 Å². The summed E-state index contributed by atoms with van der Waals surface area (Å²) in [4.78, 5) is 31.1. The van der Waals surface area contributed by atoms with Crippen LogP contribution in [0.3, 0.4) is 0 Å². The summed E-state index contributed by atoms with van der Waals surface area (Å²) in [5.74, 6) is 0.229. The third-order valence-electron chi connectivity index (χ3n) is 4.74. The zero-order chi connectivity index (χ0) is 18.4. The minimum atomic E-state index is -0.400. The first-order valence-electron chi connectivity index (χ1n) is 9.06. The minimum Gasteiger partial charge on any atom is -0.349 e. The van der Waals surface area contributed by atoms with Crippen LogP contribution in [0.25, 0.3) is 0 Å². The first-order chi connectivity index (χ1) is 11.8. The Labute approximate surface area is 150 Å². The molecule has 2 atom stereocenters. The number of hydrogen-bond acceptors (Lipinski definition) is 4. The van der Waals surface area contributed by atoms with Gasteiger partial charge in [-0.15, -0.1) is 0 Å². The average Bonchev–Trinajstić information content (AvgIpc) is 2.61. The molecule has 0 radical (unpaired) electrons. The van der Waals surface area contributed by atoms with E-state index in [4.69, 9.17) is 5.73 Å². The van der Waals surface area contributed by atoms with Crippen LogP contribution in [-0.4, -0.2) is 46.9 Å². The van der Waals surface area contributed by atoms with Crippen LogP contribution in [0.5, 0.6) is 0 Å². The number of likely N-dealkylation sites (tertiary alicyclic amines) is 1. The van der Waals surface area contributed by atoms with E-state index in [9.17, 15) is 9.59 Å². The predicted molar refractivity (Wildman–Crippen MR) is 97.9 cm³/mol. The number of amides is 2. The SMILES string of the molecule is CC(C)CC(C)(CN)NC(=O)C1CCCN(C(=O)c2ccncc2)C1. The lowest BCUT2D eigenvalue weighted by atomic mass is 9.89. The van der Waals surface area contributed by atoms with E-state index in [0.717, 1.165) is 19.3 Å². The molecule has 0 aromatic carbocycles. The van der Waals surface area contributed by atoms with Crippen LogP contribution >= 0.6 is 0 Å². The zero-order valence-electron chi connectivity index (χ0n) is 15.5. The predicted octanol–water partition coefficient (Wildman–Crippen LogP) is 1.81. The van der Waals surface area contributed by atoms with Crippen LogP contribution in [0.2, 0.25) is 0 Å². The van der Waals surface area contributed by atoms with Gasteiger partial charge in [-0.3, -0.25) is 14.6 Å². The molecule has 0 aliphatic carbocycles. The summed E-state index contributed by atoms with van der Waals surface area (Å²) in [6.07, 6.45) is 5.69. The molecular weight excluding hydrogens is 316 g/mol. The summed E-state index contributed by atoms with van der Waals surface area (Å²) in [5.41, 5.74) is 6.11. The van der Waals surface area contributed by atoms with E-state index in [-0.39, 0.29) is 17.7 Å². The van der Waals surface area contributed by atoms with Crippen LogP contribution in [0, 0.1) is 11.8 Å². The smallest absolute Gasteiger partial charge is 0.253 e. The van der Waals surface area contributed by atoms with Gasteiger partial charge in [0.2, 0.25) is 5.91 Å². The molecule has 0 spiro atoms. The zero-order valence-corrected chi connectivity index (χ0v) is 15.5. The van der Waals surface area contributed by atoms with E-state index in [1.54, 1.807) is 29.4 Å². The molecule has 6 heteroatoms. The molecule has 0 saturated carbocycles. The molecule has 1 aromatic rings. The number of nitrogens with two attached hydrogens (primary N) is 1. The van der Waals surface area contributed by atoms with E-state index in [2.05, 4.69) is 24.1 Å². The van der Waals surface area contributed by atoms with Crippen molar-refractivity contribution in [3.8, 4) is 0 Å². The number of carbonyl (C=O) groups is 2. The van der Waals surface area contributed by atoms with Gasteiger partial charge in [0.05, 0.1) is 5.92 Å². The van der Waals surface area contributed by atoms with Crippen molar-refractivity contribution in [3.05, 3.63) is 30.1 Å². The highest BCUT2D eigenvalue weighted by Crippen LogP contribution is 2.21. The van der Waals surface area contributed by atoms with Gasteiger partial charge in [-0.1, -0.05) is 13.8 Å². The topological polar surface area (TPSA) is 88.3 Å². The largest absolute Gasteiger partial charge is 0.349 e. The normalized spacial score (nSPS) is 20.2. The Balaban J connectivity index is 2.00. The van der Waals surface area contributed by atoms with Gasteiger partial charge in [0.25, 0.3) is 5.91 Å². The fourth-order valence-electron chi connectivity index (χ4n) is 3.54. The maximum Gasteiger partial charge on any atom is 0.253 e. The van der Waals surface area contributed by atoms with Crippen LogP contribution in [0.15, 0.2) is 24.5 Å². The molecule has 1 aromatic heterocycles. The molecule has 1 saturated heterocycles. The molecule has 1 aliphatic heterocycles.